The molecule has 74 valence electrons. The van der Waals surface area contributed by atoms with Crippen LogP contribution in [0.5, 0.6) is 0 Å². The van der Waals surface area contributed by atoms with Crippen LogP contribution in [0.3, 0.4) is 0 Å². The van der Waals surface area contributed by atoms with Crippen LogP contribution in [0.2, 0.25) is 46.3 Å². The quantitative estimate of drug-likeness (QED) is 0.585. The topological polar surface area (TPSA) is 0 Å². The van der Waals surface area contributed by atoms with E-state index in [0.29, 0.717) is 0 Å². The first-order valence-corrected chi connectivity index (χ1v) is 12.0. The molecule has 10 saturated heterocycles. The minimum atomic E-state index is -2.45. The van der Waals surface area contributed by atoms with Crippen molar-refractivity contribution in [1.82, 2.24) is 0 Å². The molecule has 10 aliphatic heterocycles. The van der Waals surface area contributed by atoms with Gasteiger partial charge in [-0.25, -0.2) is 0 Å². The van der Waals surface area contributed by atoms with Crippen molar-refractivity contribution < 1.29 is 6.51 Å². The molecule has 0 saturated carbocycles. The fourth-order valence-electron chi connectivity index (χ4n) is 17.3. The molecule has 0 aromatic rings. The summed E-state index contributed by atoms with van der Waals surface area (Å²) in [6.07, 6.45) is 0. The van der Waals surface area contributed by atoms with Crippen molar-refractivity contribution in [3.8, 4) is 0 Å². The SMILES string of the molecule is Cl.Cl.[Li][C]12[CH]3[CH]4[CH]5[CH]1[Fe]45321678[CH]2[CH]1[CH]6[CH]7[CH]28. The summed E-state index contributed by atoms with van der Waals surface area (Å²) in [6.45, 7) is -2.45. The molecule has 4 atom stereocenters. The predicted molar refractivity (Wildman–Crippen MR) is 56.7 cm³/mol. The second-order valence-electron chi connectivity index (χ2n) is 10.1. The van der Waals surface area contributed by atoms with Gasteiger partial charge in [-0.05, 0) is 0 Å². The van der Waals surface area contributed by atoms with Crippen molar-refractivity contribution in [2.75, 3.05) is 0 Å². The van der Waals surface area contributed by atoms with Crippen molar-refractivity contribution in [2.24, 2.45) is 0 Å². The average molecular weight is 265 g/mol. The first-order valence-electron chi connectivity index (χ1n) is 5.76. The van der Waals surface area contributed by atoms with E-state index in [1.165, 1.54) is 12.6 Å². The molecule has 0 bridgehead atoms. The van der Waals surface area contributed by atoms with Crippen LogP contribution in [0.4, 0.5) is 0 Å². The Kier molecular flexibility index (Phi) is 0.204. The molecule has 0 N–H and O–H groups in total. The van der Waals surface area contributed by atoms with Gasteiger partial charge in [-0.1, -0.05) is 0 Å². The molecule has 0 amide bonds. The second kappa shape index (κ2) is 0.434. The summed E-state index contributed by atoms with van der Waals surface area (Å²) in [4.78, 5) is 14.0. The molecule has 1 spiro atoms. The van der Waals surface area contributed by atoms with Gasteiger partial charge in [-0.2, -0.15) is 0 Å². The van der Waals surface area contributed by atoms with E-state index in [4.69, 9.17) is 0 Å². The number of rotatable bonds is 0. The first kappa shape index (κ1) is 6.58. The zero-order chi connectivity index (χ0) is 7.01. The number of hydrogen-bond donors (Lipinski definition) is 0. The fraction of sp³-hybridized carbons (Fsp3) is 1.00. The number of fused-ring (bicyclic) bond motifs is 10. The summed E-state index contributed by atoms with van der Waals surface area (Å²) < 4.78 is 1.19. The van der Waals surface area contributed by atoms with Gasteiger partial charge in [0.15, 0.2) is 0 Å². The molecule has 10 heterocycles. The van der Waals surface area contributed by atoms with Crippen LogP contribution in [0, 0.1) is 0 Å². The van der Waals surface area contributed by atoms with Crippen LogP contribution in [-0.4, -0.2) is 17.7 Å². The molecule has 0 nitrogen and oxygen atoms in total. The van der Waals surface area contributed by atoms with Crippen molar-refractivity contribution in [3.05, 3.63) is 0 Å². The summed E-state index contributed by atoms with van der Waals surface area (Å²) in [5, 5.41) is 0. The van der Waals surface area contributed by atoms with Crippen LogP contribution in [0.15, 0.2) is 0 Å². The van der Waals surface area contributed by atoms with Crippen LogP contribution >= 0.6 is 24.8 Å². The Morgan fingerprint density at radius 1 is 0.714 bits per heavy atom. The van der Waals surface area contributed by atoms with Crippen LogP contribution < -0.4 is 0 Å². The predicted octanol–water partition coefficient (Wildman–Crippen LogP) is 3.72. The first-order chi connectivity index (χ1) is 5.55. The standard InChI is InChI=1S/C5H5.C5H4.2ClH.Fe.Li/c2*1-2-4-5-3-1;;;;/h1-5H;1-4H;2*1H;;. The maximum atomic E-state index is 2.82. The van der Waals surface area contributed by atoms with E-state index in [1.54, 1.807) is 33.7 Å². The molecular weight excluding hydrogens is 254 g/mol. The third-order valence-corrected chi connectivity index (χ3v) is 59.2. The van der Waals surface area contributed by atoms with E-state index in [9.17, 15) is 0 Å². The summed E-state index contributed by atoms with van der Waals surface area (Å²) >= 11 is 2.82. The molecule has 0 aromatic heterocycles. The Labute approximate surface area is 94.6 Å². The Hall–Kier alpha value is 1.70. The molecule has 10 aliphatic rings. The molecule has 10 fully saturated rings. The Morgan fingerprint density at radius 2 is 1.07 bits per heavy atom. The Morgan fingerprint density at radius 3 is 1.07 bits per heavy atom. The van der Waals surface area contributed by atoms with Gasteiger partial charge in [0.05, 0.1) is 0 Å². The van der Waals surface area contributed by atoms with E-state index >= 15 is 0 Å². The van der Waals surface area contributed by atoms with Gasteiger partial charge in [-0.3, -0.25) is 0 Å². The molecule has 10 rings (SSSR count). The number of halogens is 2. The van der Waals surface area contributed by atoms with Crippen molar-refractivity contribution >= 4 is 42.5 Å². The van der Waals surface area contributed by atoms with Gasteiger partial charge >= 0.3 is 70.6 Å². The van der Waals surface area contributed by atoms with Crippen LogP contribution in [0.25, 0.3) is 0 Å². The molecule has 4 heteroatoms. The number of hydrogen-bond acceptors (Lipinski definition) is 0. The van der Waals surface area contributed by atoms with E-state index < -0.39 is 6.51 Å². The summed E-state index contributed by atoms with van der Waals surface area (Å²) in [5.74, 6) is 0. The van der Waals surface area contributed by atoms with Crippen molar-refractivity contribution in [3.63, 3.8) is 0 Å². The molecular formula is C10H11Cl2FeLi. The van der Waals surface area contributed by atoms with Gasteiger partial charge in [-0.15, -0.1) is 24.8 Å². The fourth-order valence-corrected chi connectivity index (χ4v) is 92.6. The molecule has 4 unspecified atom stereocenters. The van der Waals surface area contributed by atoms with Gasteiger partial charge in [0.1, 0.15) is 0 Å². The zero-order valence-corrected chi connectivity index (χ0v) is 10.6. The maximum absolute atomic E-state index is 2.82. The zero-order valence-electron chi connectivity index (χ0n) is 7.87. The van der Waals surface area contributed by atoms with Gasteiger partial charge in [0, 0.05) is 0 Å². The molecule has 14 heavy (non-hydrogen) atoms. The molecule has 0 radical (unpaired) electrons. The summed E-state index contributed by atoms with van der Waals surface area (Å²) in [5.41, 5.74) is 0. The van der Waals surface area contributed by atoms with E-state index in [2.05, 4.69) is 17.7 Å². The van der Waals surface area contributed by atoms with Gasteiger partial charge in [0.2, 0.25) is 0 Å². The second-order valence-corrected chi connectivity index (χ2v) is 33.9. The third kappa shape index (κ3) is 0.0479. The van der Waals surface area contributed by atoms with Crippen molar-refractivity contribution in [2.45, 2.75) is 46.3 Å². The molecule has 0 aromatic carbocycles. The Balaban J connectivity index is 0.000000245. The van der Waals surface area contributed by atoms with Gasteiger partial charge < -0.3 is 0 Å². The van der Waals surface area contributed by atoms with Crippen LogP contribution in [-0.2, 0) is 6.51 Å². The van der Waals surface area contributed by atoms with Crippen LogP contribution in [0.1, 0.15) is 0 Å². The Bertz CT molecular complexity index is 763. The average Bonchev–Trinajstić information content (AvgIpc) is 2.97. The van der Waals surface area contributed by atoms with Gasteiger partial charge in [0.25, 0.3) is 0 Å². The van der Waals surface area contributed by atoms with E-state index in [1.807, 2.05) is 0 Å². The normalized spacial score (nSPS) is 141. The summed E-state index contributed by atoms with van der Waals surface area (Å²) in [7, 11) is 0. The molecule has 0 aliphatic carbocycles. The van der Waals surface area contributed by atoms with E-state index in [-0.39, 0.29) is 24.8 Å². The van der Waals surface area contributed by atoms with Crippen molar-refractivity contribution in [1.29, 1.82) is 0 Å². The minimum absolute atomic E-state index is 0. The third-order valence-electron chi connectivity index (χ3n) is 15.4. The van der Waals surface area contributed by atoms with E-state index in [0.717, 1.165) is 0 Å². The summed E-state index contributed by atoms with van der Waals surface area (Å²) in [6, 6.07) is 0. The monoisotopic (exact) mass is 264 g/mol.